The normalized spacial score (nSPS) is 12.7. The fourth-order valence-electron chi connectivity index (χ4n) is 2.22. The number of benzene rings is 1. The number of para-hydroxylation sites is 1. The summed E-state index contributed by atoms with van der Waals surface area (Å²) >= 11 is 0. The molecule has 3 nitrogen and oxygen atoms in total. The van der Waals surface area contributed by atoms with Crippen molar-refractivity contribution >= 4 is 16.9 Å². The maximum atomic E-state index is 11.7. The van der Waals surface area contributed by atoms with E-state index in [0.717, 1.165) is 16.5 Å². The Labute approximate surface area is 119 Å². The van der Waals surface area contributed by atoms with E-state index in [1.807, 2.05) is 56.5 Å². The van der Waals surface area contributed by atoms with Crippen molar-refractivity contribution in [3.05, 3.63) is 54.2 Å². The second-order valence-electron chi connectivity index (χ2n) is 4.60. The van der Waals surface area contributed by atoms with Gasteiger partial charge in [0.15, 0.2) is 0 Å². The highest BCUT2D eigenvalue weighted by Gasteiger charge is 2.14. The van der Waals surface area contributed by atoms with E-state index in [0.29, 0.717) is 13.0 Å². The number of pyridine rings is 1. The van der Waals surface area contributed by atoms with Crippen LogP contribution in [0.3, 0.4) is 0 Å². The van der Waals surface area contributed by atoms with E-state index in [2.05, 4.69) is 11.1 Å². The summed E-state index contributed by atoms with van der Waals surface area (Å²) in [7, 11) is 0. The lowest BCUT2D eigenvalue weighted by molar-refractivity contribution is -0.143. The quantitative estimate of drug-likeness (QED) is 0.611. The van der Waals surface area contributed by atoms with E-state index in [1.54, 1.807) is 0 Å². The Kier molecular flexibility index (Phi) is 4.88. The zero-order valence-electron chi connectivity index (χ0n) is 11.9. The van der Waals surface area contributed by atoms with Crippen LogP contribution in [0.4, 0.5) is 0 Å². The molecule has 0 spiro atoms. The third kappa shape index (κ3) is 3.44. The highest BCUT2D eigenvalue weighted by molar-refractivity contribution is 5.79. The maximum absolute atomic E-state index is 11.7. The van der Waals surface area contributed by atoms with E-state index < -0.39 is 0 Å². The molecule has 0 N–H and O–H groups in total. The Hall–Kier alpha value is -2.16. The van der Waals surface area contributed by atoms with E-state index >= 15 is 0 Å². The molecular formula is C17H19NO2. The van der Waals surface area contributed by atoms with Crippen LogP contribution >= 0.6 is 0 Å². The van der Waals surface area contributed by atoms with Crippen LogP contribution in [0.15, 0.2) is 48.7 Å². The van der Waals surface area contributed by atoms with Gasteiger partial charge in [-0.1, -0.05) is 30.4 Å². The molecule has 1 aromatic heterocycles. The molecule has 0 fully saturated rings. The smallest absolute Gasteiger partial charge is 0.306 e. The number of carbonyl (C=O) groups excluding carboxylic acids is 1. The number of esters is 1. The summed E-state index contributed by atoms with van der Waals surface area (Å²) in [5, 5.41) is 1.09. The molecule has 0 saturated heterocycles. The van der Waals surface area contributed by atoms with Crippen molar-refractivity contribution in [1.82, 2.24) is 4.98 Å². The lowest BCUT2D eigenvalue weighted by Crippen LogP contribution is -2.09. The molecule has 20 heavy (non-hydrogen) atoms. The average Bonchev–Trinajstić information content (AvgIpc) is 2.46. The van der Waals surface area contributed by atoms with Crippen LogP contribution in [0.5, 0.6) is 0 Å². The molecule has 0 bridgehead atoms. The van der Waals surface area contributed by atoms with Crippen molar-refractivity contribution in [3.8, 4) is 0 Å². The molecule has 3 heteroatoms. The van der Waals surface area contributed by atoms with Crippen LogP contribution in [0, 0.1) is 0 Å². The number of nitrogens with zero attached hydrogens (tertiary/aromatic N) is 1. The third-order valence-electron chi connectivity index (χ3n) is 3.16. The first kappa shape index (κ1) is 14.3. The molecule has 0 aliphatic rings. The molecular weight excluding hydrogens is 250 g/mol. The number of rotatable bonds is 5. The average molecular weight is 269 g/mol. The molecule has 0 aliphatic carbocycles. The van der Waals surface area contributed by atoms with Gasteiger partial charge in [-0.3, -0.25) is 9.78 Å². The van der Waals surface area contributed by atoms with Crippen molar-refractivity contribution in [1.29, 1.82) is 0 Å². The van der Waals surface area contributed by atoms with Gasteiger partial charge in [-0.25, -0.2) is 0 Å². The van der Waals surface area contributed by atoms with E-state index in [1.165, 1.54) is 0 Å². The van der Waals surface area contributed by atoms with E-state index in [9.17, 15) is 4.79 Å². The number of carbonyl (C=O) groups is 1. The van der Waals surface area contributed by atoms with Crippen LogP contribution < -0.4 is 0 Å². The van der Waals surface area contributed by atoms with Gasteiger partial charge in [-0.2, -0.15) is 0 Å². The molecule has 1 atom stereocenters. The minimum absolute atomic E-state index is 0.0103. The SMILES string of the molecule is C/C=C/C(CC(=O)OCC)c1cnc2ccccc2c1. The van der Waals surface area contributed by atoms with Gasteiger partial charge in [-0.15, -0.1) is 0 Å². The summed E-state index contributed by atoms with van der Waals surface area (Å²) in [5.74, 6) is -0.167. The molecule has 104 valence electrons. The molecule has 0 aliphatic heterocycles. The minimum Gasteiger partial charge on any atom is -0.466 e. The minimum atomic E-state index is -0.177. The van der Waals surface area contributed by atoms with Crippen LogP contribution in [0.25, 0.3) is 10.9 Å². The second-order valence-corrected chi connectivity index (χ2v) is 4.60. The van der Waals surface area contributed by atoms with Gasteiger partial charge in [0, 0.05) is 17.5 Å². The Morgan fingerprint density at radius 2 is 2.20 bits per heavy atom. The van der Waals surface area contributed by atoms with Gasteiger partial charge in [0.25, 0.3) is 0 Å². The number of allylic oxidation sites excluding steroid dienone is 2. The van der Waals surface area contributed by atoms with E-state index in [-0.39, 0.29) is 11.9 Å². The maximum Gasteiger partial charge on any atom is 0.306 e. The summed E-state index contributed by atoms with van der Waals surface area (Å²) in [6.45, 7) is 4.18. The Bertz CT molecular complexity index is 619. The van der Waals surface area contributed by atoms with Crippen molar-refractivity contribution < 1.29 is 9.53 Å². The van der Waals surface area contributed by atoms with Crippen molar-refractivity contribution in [2.75, 3.05) is 6.61 Å². The summed E-state index contributed by atoms with van der Waals surface area (Å²) < 4.78 is 5.03. The molecule has 2 rings (SSSR count). The highest BCUT2D eigenvalue weighted by Crippen LogP contribution is 2.24. The standard InChI is InChI=1S/C17H19NO2/c1-3-7-13(11-17(19)20-4-2)15-10-14-8-5-6-9-16(14)18-12-15/h3,5-10,12-13H,4,11H2,1-2H3/b7-3+. The van der Waals surface area contributed by atoms with Crippen molar-refractivity contribution in [2.45, 2.75) is 26.2 Å². The van der Waals surface area contributed by atoms with Gasteiger partial charge >= 0.3 is 5.97 Å². The lowest BCUT2D eigenvalue weighted by Gasteiger charge is -2.13. The number of hydrogen-bond acceptors (Lipinski definition) is 3. The number of aromatic nitrogens is 1. The zero-order valence-corrected chi connectivity index (χ0v) is 11.9. The van der Waals surface area contributed by atoms with Crippen LogP contribution in [0.2, 0.25) is 0 Å². The third-order valence-corrected chi connectivity index (χ3v) is 3.16. The second kappa shape index (κ2) is 6.85. The zero-order chi connectivity index (χ0) is 14.4. The molecule has 2 aromatic rings. The molecule has 1 heterocycles. The van der Waals surface area contributed by atoms with E-state index in [4.69, 9.17) is 4.74 Å². The predicted molar refractivity (Wildman–Crippen MR) is 80.5 cm³/mol. The van der Waals surface area contributed by atoms with Crippen LogP contribution in [-0.4, -0.2) is 17.6 Å². The van der Waals surface area contributed by atoms with Crippen molar-refractivity contribution in [3.63, 3.8) is 0 Å². The Balaban J connectivity index is 2.28. The first-order chi connectivity index (χ1) is 9.74. The topological polar surface area (TPSA) is 39.2 Å². The molecule has 0 amide bonds. The fourth-order valence-corrected chi connectivity index (χ4v) is 2.22. The monoisotopic (exact) mass is 269 g/mol. The van der Waals surface area contributed by atoms with Gasteiger partial charge < -0.3 is 4.74 Å². The molecule has 1 aromatic carbocycles. The van der Waals surface area contributed by atoms with Crippen LogP contribution in [0.1, 0.15) is 31.7 Å². The molecule has 1 unspecified atom stereocenters. The molecule has 0 saturated carbocycles. The fraction of sp³-hybridized carbons (Fsp3) is 0.294. The van der Waals surface area contributed by atoms with Crippen LogP contribution in [-0.2, 0) is 9.53 Å². The van der Waals surface area contributed by atoms with Crippen molar-refractivity contribution in [2.24, 2.45) is 0 Å². The summed E-state index contributed by atoms with van der Waals surface area (Å²) in [4.78, 5) is 16.1. The van der Waals surface area contributed by atoms with Gasteiger partial charge in [-0.05, 0) is 31.5 Å². The summed E-state index contributed by atoms with van der Waals surface area (Å²) in [6, 6.07) is 10.1. The van der Waals surface area contributed by atoms with Gasteiger partial charge in [0.05, 0.1) is 18.5 Å². The number of fused-ring (bicyclic) bond motifs is 1. The lowest BCUT2D eigenvalue weighted by atomic mass is 9.95. The molecule has 0 radical (unpaired) electrons. The predicted octanol–water partition coefficient (Wildman–Crippen LogP) is 3.85. The summed E-state index contributed by atoms with van der Waals surface area (Å²) in [5.41, 5.74) is 2.00. The van der Waals surface area contributed by atoms with Gasteiger partial charge in [0.2, 0.25) is 0 Å². The highest BCUT2D eigenvalue weighted by atomic mass is 16.5. The summed E-state index contributed by atoms with van der Waals surface area (Å²) in [6.07, 6.45) is 6.16. The first-order valence-electron chi connectivity index (χ1n) is 6.87. The Morgan fingerprint density at radius 1 is 1.40 bits per heavy atom. The first-order valence-corrected chi connectivity index (χ1v) is 6.87. The largest absolute Gasteiger partial charge is 0.466 e. The number of ether oxygens (including phenoxy) is 1. The van der Waals surface area contributed by atoms with Gasteiger partial charge in [0.1, 0.15) is 0 Å². The number of hydrogen-bond donors (Lipinski definition) is 0. The Morgan fingerprint density at radius 3 is 2.95 bits per heavy atom.